The van der Waals surface area contributed by atoms with Crippen molar-refractivity contribution in [1.82, 2.24) is 19.6 Å². The molecule has 0 radical (unpaired) electrons. The van der Waals surface area contributed by atoms with Crippen LogP contribution >= 0.6 is 0 Å². The first-order chi connectivity index (χ1) is 26.3. The fourth-order valence-corrected chi connectivity index (χ4v) is 7.61. The molecule has 10 rings (SSSR count). The first kappa shape index (κ1) is 30.6. The average Bonchev–Trinajstić information content (AvgIpc) is 3.65. The van der Waals surface area contributed by atoms with Crippen molar-refractivity contribution in [3.63, 3.8) is 0 Å². The van der Waals surface area contributed by atoms with Crippen LogP contribution in [0, 0.1) is 0 Å². The molecule has 0 unspecified atom stereocenters. The fourth-order valence-electron chi connectivity index (χ4n) is 7.61. The lowest BCUT2D eigenvalue weighted by Crippen LogP contribution is -2.00. The maximum absolute atomic E-state index is 5.50. The molecule has 0 fully saturated rings. The zero-order valence-electron chi connectivity index (χ0n) is 28.8. The SMILES string of the molecule is c1ccc(-c2nn3c(-c4ccccc4)c(-c4ccc(-c5nc(-c6ccccc6)c6ccccc6n5)cc4)c4ccccc4c3c2-c2ccccc2)cc1. The molecular formula is C49H32N4. The fraction of sp³-hybridized carbons (Fsp3) is 0. The Morgan fingerprint density at radius 2 is 0.792 bits per heavy atom. The standard InChI is InChI=1S/C49H32N4/c1-5-17-33(18-6-1)44-46(36-21-9-3-10-22-36)52-53-47(37-23-11-4-12-24-37)43(39-25-13-14-26-40(39)48(44)53)34-29-31-38(32-30-34)49-50-42-28-16-15-27-41(42)45(51-49)35-19-7-2-8-20-35/h1-32H. The predicted octanol–water partition coefficient (Wildman–Crippen LogP) is 12.4. The van der Waals surface area contributed by atoms with Crippen LogP contribution in [-0.2, 0) is 0 Å². The Kier molecular flexibility index (Phi) is 7.43. The Balaban J connectivity index is 1.24. The van der Waals surface area contributed by atoms with Gasteiger partial charge in [0.2, 0.25) is 0 Å². The van der Waals surface area contributed by atoms with Crippen molar-refractivity contribution in [2.75, 3.05) is 0 Å². The molecule has 0 N–H and O–H groups in total. The summed E-state index contributed by atoms with van der Waals surface area (Å²) >= 11 is 0. The van der Waals surface area contributed by atoms with Gasteiger partial charge in [0, 0.05) is 44.2 Å². The largest absolute Gasteiger partial charge is 0.231 e. The van der Waals surface area contributed by atoms with Gasteiger partial charge in [0.25, 0.3) is 0 Å². The number of fused-ring (bicyclic) bond motifs is 4. The first-order valence-electron chi connectivity index (χ1n) is 17.9. The van der Waals surface area contributed by atoms with Crippen LogP contribution in [0.3, 0.4) is 0 Å². The monoisotopic (exact) mass is 676 g/mol. The van der Waals surface area contributed by atoms with Crippen molar-refractivity contribution in [3.8, 4) is 67.4 Å². The Morgan fingerprint density at radius 3 is 1.43 bits per heavy atom. The topological polar surface area (TPSA) is 43.1 Å². The van der Waals surface area contributed by atoms with Crippen molar-refractivity contribution < 1.29 is 0 Å². The maximum Gasteiger partial charge on any atom is 0.160 e. The first-order valence-corrected chi connectivity index (χ1v) is 17.9. The Bertz CT molecular complexity index is 2900. The number of rotatable bonds is 6. The molecule has 0 atom stereocenters. The summed E-state index contributed by atoms with van der Waals surface area (Å²) in [5.41, 5.74) is 13.6. The molecule has 3 aromatic heterocycles. The number of hydrogen-bond donors (Lipinski definition) is 0. The van der Waals surface area contributed by atoms with E-state index in [0.29, 0.717) is 5.82 Å². The molecular weight excluding hydrogens is 645 g/mol. The number of pyridine rings is 1. The minimum absolute atomic E-state index is 0.699. The average molecular weight is 677 g/mol. The smallest absolute Gasteiger partial charge is 0.160 e. The van der Waals surface area contributed by atoms with Gasteiger partial charge in [-0.25, -0.2) is 14.5 Å². The lowest BCUT2D eigenvalue weighted by molar-refractivity contribution is 0.981. The molecule has 248 valence electrons. The van der Waals surface area contributed by atoms with Gasteiger partial charge in [-0.05, 0) is 22.6 Å². The zero-order chi connectivity index (χ0) is 35.1. The summed E-state index contributed by atoms with van der Waals surface area (Å²) in [6, 6.07) is 67.8. The van der Waals surface area contributed by atoms with Gasteiger partial charge in [-0.15, -0.1) is 0 Å². The van der Waals surface area contributed by atoms with Gasteiger partial charge in [-0.2, -0.15) is 5.10 Å². The summed E-state index contributed by atoms with van der Waals surface area (Å²) in [7, 11) is 0. The summed E-state index contributed by atoms with van der Waals surface area (Å²) in [4.78, 5) is 10.2. The zero-order valence-corrected chi connectivity index (χ0v) is 28.8. The maximum atomic E-state index is 5.50. The lowest BCUT2D eigenvalue weighted by atomic mass is 9.91. The van der Waals surface area contributed by atoms with E-state index in [0.717, 1.165) is 88.8 Å². The molecule has 0 spiro atoms. The molecule has 0 saturated carbocycles. The van der Waals surface area contributed by atoms with Crippen LogP contribution in [0.25, 0.3) is 94.6 Å². The van der Waals surface area contributed by atoms with E-state index in [1.807, 2.05) is 18.2 Å². The molecule has 0 bridgehead atoms. The van der Waals surface area contributed by atoms with E-state index in [-0.39, 0.29) is 0 Å². The molecule has 53 heavy (non-hydrogen) atoms. The van der Waals surface area contributed by atoms with Crippen LogP contribution in [0.15, 0.2) is 194 Å². The third kappa shape index (κ3) is 5.28. The highest BCUT2D eigenvalue weighted by Gasteiger charge is 2.25. The minimum atomic E-state index is 0.699. The minimum Gasteiger partial charge on any atom is -0.231 e. The van der Waals surface area contributed by atoms with E-state index >= 15 is 0 Å². The summed E-state index contributed by atoms with van der Waals surface area (Å²) in [6.45, 7) is 0. The summed E-state index contributed by atoms with van der Waals surface area (Å²) in [6.07, 6.45) is 0. The van der Waals surface area contributed by atoms with Crippen molar-refractivity contribution in [3.05, 3.63) is 194 Å². The predicted molar refractivity (Wildman–Crippen MR) is 218 cm³/mol. The van der Waals surface area contributed by atoms with Gasteiger partial charge in [0.05, 0.1) is 22.4 Å². The van der Waals surface area contributed by atoms with Crippen LogP contribution in [-0.4, -0.2) is 19.6 Å². The quantitative estimate of drug-likeness (QED) is 0.176. The molecule has 0 aliphatic rings. The van der Waals surface area contributed by atoms with Crippen LogP contribution in [0.2, 0.25) is 0 Å². The Hall–Kier alpha value is -7.17. The molecule has 7 aromatic carbocycles. The third-order valence-corrected chi connectivity index (χ3v) is 10.0. The van der Waals surface area contributed by atoms with Gasteiger partial charge in [-0.3, -0.25) is 0 Å². The van der Waals surface area contributed by atoms with Crippen molar-refractivity contribution in [1.29, 1.82) is 0 Å². The molecule has 10 aromatic rings. The van der Waals surface area contributed by atoms with E-state index in [1.165, 1.54) is 0 Å². The number of hydrogen-bond acceptors (Lipinski definition) is 3. The summed E-state index contributed by atoms with van der Waals surface area (Å²) < 4.78 is 2.18. The molecule has 0 aliphatic heterocycles. The molecule has 0 aliphatic carbocycles. The number of para-hydroxylation sites is 1. The number of benzene rings is 7. The van der Waals surface area contributed by atoms with Crippen molar-refractivity contribution in [2.45, 2.75) is 0 Å². The highest BCUT2D eigenvalue weighted by atomic mass is 15.2. The van der Waals surface area contributed by atoms with Gasteiger partial charge in [0.1, 0.15) is 5.69 Å². The van der Waals surface area contributed by atoms with Crippen LogP contribution in [0.4, 0.5) is 0 Å². The molecule has 3 heterocycles. The van der Waals surface area contributed by atoms with Crippen LogP contribution < -0.4 is 0 Å². The lowest BCUT2D eigenvalue weighted by Gasteiger charge is -2.18. The van der Waals surface area contributed by atoms with Crippen LogP contribution in [0.5, 0.6) is 0 Å². The van der Waals surface area contributed by atoms with Gasteiger partial charge in [0.15, 0.2) is 5.82 Å². The molecule has 0 amide bonds. The van der Waals surface area contributed by atoms with Gasteiger partial charge >= 0.3 is 0 Å². The second-order valence-electron chi connectivity index (χ2n) is 13.2. The van der Waals surface area contributed by atoms with E-state index in [9.17, 15) is 0 Å². The van der Waals surface area contributed by atoms with Gasteiger partial charge in [-0.1, -0.05) is 188 Å². The van der Waals surface area contributed by atoms with E-state index in [1.54, 1.807) is 0 Å². The van der Waals surface area contributed by atoms with Gasteiger partial charge < -0.3 is 0 Å². The summed E-state index contributed by atoms with van der Waals surface area (Å²) in [5, 5.41) is 8.85. The van der Waals surface area contributed by atoms with Crippen molar-refractivity contribution >= 4 is 27.2 Å². The van der Waals surface area contributed by atoms with Crippen LogP contribution in [0.1, 0.15) is 0 Å². The third-order valence-electron chi connectivity index (χ3n) is 10.0. The van der Waals surface area contributed by atoms with Crippen molar-refractivity contribution in [2.24, 2.45) is 0 Å². The number of nitrogens with zero attached hydrogens (tertiary/aromatic N) is 4. The Labute approximate surface area is 307 Å². The molecule has 4 heteroatoms. The highest BCUT2D eigenvalue weighted by molar-refractivity contribution is 6.15. The molecule has 0 saturated heterocycles. The summed E-state index contributed by atoms with van der Waals surface area (Å²) in [5.74, 6) is 0.699. The van der Waals surface area contributed by atoms with E-state index in [4.69, 9.17) is 15.1 Å². The second-order valence-corrected chi connectivity index (χ2v) is 13.2. The number of aromatic nitrogens is 4. The highest BCUT2D eigenvalue weighted by Crippen LogP contribution is 2.46. The van der Waals surface area contributed by atoms with E-state index in [2.05, 4.69) is 180 Å². The molecule has 4 nitrogen and oxygen atoms in total. The second kappa shape index (κ2) is 12.9. The Morgan fingerprint density at radius 1 is 0.321 bits per heavy atom. The normalized spacial score (nSPS) is 11.4. The van der Waals surface area contributed by atoms with E-state index < -0.39 is 0 Å².